The standard InChI is InChI=1S/C13H19N2O3P/c1-15-9-5-8-12(13(15)16)19(17,18)14-10-11-6-3-2-4-7-11/h2-4,6-7,12H,5,8-10H2,1H3,(H2,14,17,18). The zero-order chi connectivity index (χ0) is 13.9. The SMILES string of the molecule is CN1CCCC(P(=O)(O)NCc2ccccc2)C1=O. The van der Waals surface area contributed by atoms with Crippen molar-refractivity contribution < 1.29 is 14.3 Å². The zero-order valence-electron chi connectivity index (χ0n) is 11.0. The van der Waals surface area contributed by atoms with Crippen LogP contribution in [0.25, 0.3) is 0 Å². The van der Waals surface area contributed by atoms with Crippen LogP contribution >= 0.6 is 7.52 Å². The molecule has 0 radical (unpaired) electrons. The lowest BCUT2D eigenvalue weighted by Gasteiger charge is -2.31. The van der Waals surface area contributed by atoms with Gasteiger partial charge >= 0.3 is 0 Å². The average Bonchev–Trinajstić information content (AvgIpc) is 2.41. The first-order valence-electron chi connectivity index (χ1n) is 6.37. The molecule has 0 bridgehead atoms. The minimum atomic E-state index is -3.67. The van der Waals surface area contributed by atoms with Gasteiger partial charge in [-0.15, -0.1) is 0 Å². The minimum Gasteiger partial charge on any atom is -0.345 e. The highest BCUT2D eigenvalue weighted by Crippen LogP contribution is 2.46. The molecular formula is C13H19N2O3P. The molecule has 1 aromatic carbocycles. The van der Waals surface area contributed by atoms with Crippen molar-refractivity contribution >= 4 is 13.4 Å². The molecule has 19 heavy (non-hydrogen) atoms. The number of nitrogens with zero attached hydrogens (tertiary/aromatic N) is 1. The van der Waals surface area contributed by atoms with Crippen molar-refractivity contribution in [2.45, 2.75) is 25.0 Å². The molecule has 0 aliphatic carbocycles. The van der Waals surface area contributed by atoms with E-state index in [1.165, 1.54) is 4.90 Å². The third-order valence-corrected chi connectivity index (χ3v) is 5.34. The first kappa shape index (κ1) is 14.3. The Hall–Kier alpha value is -1.16. The van der Waals surface area contributed by atoms with E-state index in [1.54, 1.807) is 7.05 Å². The van der Waals surface area contributed by atoms with E-state index in [0.29, 0.717) is 19.5 Å². The van der Waals surface area contributed by atoms with Crippen LogP contribution in [-0.4, -0.2) is 35.0 Å². The smallest absolute Gasteiger partial charge is 0.279 e. The van der Waals surface area contributed by atoms with Crippen LogP contribution < -0.4 is 5.09 Å². The molecule has 0 spiro atoms. The summed E-state index contributed by atoms with van der Waals surface area (Å²) in [4.78, 5) is 23.6. The fraction of sp³-hybridized carbons (Fsp3) is 0.462. The summed E-state index contributed by atoms with van der Waals surface area (Å²) in [7, 11) is -2.00. The van der Waals surface area contributed by atoms with E-state index < -0.39 is 13.2 Å². The largest absolute Gasteiger partial charge is 0.345 e. The van der Waals surface area contributed by atoms with E-state index in [1.807, 2.05) is 30.3 Å². The predicted molar refractivity (Wildman–Crippen MR) is 73.8 cm³/mol. The number of carbonyl (C=O) groups excluding carboxylic acids is 1. The third kappa shape index (κ3) is 3.44. The van der Waals surface area contributed by atoms with Gasteiger partial charge in [0.25, 0.3) is 7.52 Å². The van der Waals surface area contributed by atoms with Gasteiger partial charge in [-0.2, -0.15) is 0 Å². The molecule has 0 saturated carbocycles. The fourth-order valence-corrected chi connectivity index (χ4v) is 3.90. The van der Waals surface area contributed by atoms with Crippen LogP contribution in [0.1, 0.15) is 18.4 Å². The number of rotatable bonds is 4. The minimum absolute atomic E-state index is 0.238. The lowest BCUT2D eigenvalue weighted by molar-refractivity contribution is -0.131. The molecule has 104 valence electrons. The number of hydrogen-bond donors (Lipinski definition) is 2. The maximum atomic E-state index is 12.3. The first-order chi connectivity index (χ1) is 9.00. The Morgan fingerprint density at radius 2 is 2.11 bits per heavy atom. The van der Waals surface area contributed by atoms with Crippen LogP contribution in [0, 0.1) is 0 Å². The van der Waals surface area contributed by atoms with Crippen LogP contribution in [-0.2, 0) is 15.9 Å². The molecule has 0 aromatic heterocycles. The van der Waals surface area contributed by atoms with Gasteiger partial charge in [0.1, 0.15) is 5.66 Å². The Balaban J connectivity index is 2.01. The summed E-state index contributed by atoms with van der Waals surface area (Å²) in [5, 5.41) is 2.66. The number of nitrogens with one attached hydrogen (secondary N) is 1. The maximum Gasteiger partial charge on any atom is 0.279 e. The second kappa shape index (κ2) is 5.87. The van der Waals surface area contributed by atoms with E-state index in [0.717, 1.165) is 12.0 Å². The number of benzene rings is 1. The van der Waals surface area contributed by atoms with E-state index in [2.05, 4.69) is 5.09 Å². The highest BCUT2D eigenvalue weighted by molar-refractivity contribution is 7.57. The summed E-state index contributed by atoms with van der Waals surface area (Å²) in [6.45, 7) is 0.954. The topological polar surface area (TPSA) is 69.6 Å². The van der Waals surface area contributed by atoms with Gasteiger partial charge in [0.05, 0.1) is 0 Å². The molecule has 6 heteroatoms. The molecule has 1 aromatic rings. The Kier molecular flexibility index (Phi) is 4.40. The molecule has 1 heterocycles. The number of carbonyl (C=O) groups is 1. The van der Waals surface area contributed by atoms with Crippen molar-refractivity contribution in [2.24, 2.45) is 0 Å². The van der Waals surface area contributed by atoms with Gasteiger partial charge in [-0.3, -0.25) is 9.36 Å². The Morgan fingerprint density at radius 3 is 2.79 bits per heavy atom. The number of piperidine rings is 1. The average molecular weight is 282 g/mol. The Morgan fingerprint density at radius 1 is 1.42 bits per heavy atom. The maximum absolute atomic E-state index is 12.3. The molecule has 2 unspecified atom stereocenters. The van der Waals surface area contributed by atoms with Gasteiger partial charge in [-0.05, 0) is 18.4 Å². The van der Waals surface area contributed by atoms with Crippen molar-refractivity contribution in [1.82, 2.24) is 9.99 Å². The van der Waals surface area contributed by atoms with Crippen molar-refractivity contribution in [2.75, 3.05) is 13.6 Å². The zero-order valence-corrected chi connectivity index (χ0v) is 11.8. The summed E-state index contributed by atoms with van der Waals surface area (Å²) >= 11 is 0. The molecule has 2 N–H and O–H groups in total. The van der Waals surface area contributed by atoms with Crippen LogP contribution in [0.3, 0.4) is 0 Å². The fourth-order valence-electron chi connectivity index (χ4n) is 2.25. The lowest BCUT2D eigenvalue weighted by atomic mass is 10.1. The van der Waals surface area contributed by atoms with Gasteiger partial charge in [0.15, 0.2) is 0 Å². The Labute approximate surface area is 113 Å². The second-order valence-corrected chi connectivity index (χ2v) is 7.05. The predicted octanol–water partition coefficient (Wildman–Crippen LogP) is 1.58. The summed E-state index contributed by atoms with van der Waals surface area (Å²) in [5.41, 5.74) is 0.114. The highest BCUT2D eigenvalue weighted by atomic mass is 31.2. The van der Waals surface area contributed by atoms with E-state index in [4.69, 9.17) is 0 Å². The van der Waals surface area contributed by atoms with Gasteiger partial charge in [-0.1, -0.05) is 30.3 Å². The van der Waals surface area contributed by atoms with Crippen molar-refractivity contribution in [1.29, 1.82) is 0 Å². The highest BCUT2D eigenvalue weighted by Gasteiger charge is 2.40. The monoisotopic (exact) mass is 282 g/mol. The van der Waals surface area contributed by atoms with Crippen molar-refractivity contribution in [3.8, 4) is 0 Å². The van der Waals surface area contributed by atoms with Gasteiger partial charge in [0, 0.05) is 20.1 Å². The van der Waals surface area contributed by atoms with E-state index in [9.17, 15) is 14.3 Å². The quantitative estimate of drug-likeness (QED) is 0.823. The molecule has 2 atom stereocenters. The third-order valence-electron chi connectivity index (χ3n) is 3.41. The molecule has 1 aliphatic rings. The summed E-state index contributed by atoms with van der Waals surface area (Å²) < 4.78 is 12.3. The summed E-state index contributed by atoms with van der Waals surface area (Å²) in [6.07, 6.45) is 1.24. The Bertz CT molecular complexity index is 492. The molecule has 1 aliphatic heterocycles. The second-order valence-electron chi connectivity index (χ2n) is 4.86. The van der Waals surface area contributed by atoms with Gasteiger partial charge < -0.3 is 9.79 Å². The molecule has 1 amide bonds. The number of likely N-dealkylation sites (tertiary alicyclic amines) is 1. The van der Waals surface area contributed by atoms with Gasteiger partial charge in [0.2, 0.25) is 5.91 Å². The van der Waals surface area contributed by atoms with Crippen LogP contribution in [0.2, 0.25) is 0 Å². The molecule has 1 fully saturated rings. The summed E-state index contributed by atoms with van der Waals surface area (Å²) in [6, 6.07) is 9.39. The lowest BCUT2D eigenvalue weighted by Crippen LogP contribution is -2.43. The van der Waals surface area contributed by atoms with Crippen LogP contribution in [0.4, 0.5) is 0 Å². The molecule has 1 saturated heterocycles. The van der Waals surface area contributed by atoms with E-state index in [-0.39, 0.29) is 5.91 Å². The van der Waals surface area contributed by atoms with Crippen molar-refractivity contribution in [3.05, 3.63) is 35.9 Å². The van der Waals surface area contributed by atoms with Crippen LogP contribution in [0.15, 0.2) is 30.3 Å². The summed E-state index contributed by atoms with van der Waals surface area (Å²) in [5.74, 6) is -0.238. The first-order valence-corrected chi connectivity index (χ1v) is 8.10. The van der Waals surface area contributed by atoms with E-state index >= 15 is 0 Å². The van der Waals surface area contributed by atoms with Crippen molar-refractivity contribution in [3.63, 3.8) is 0 Å². The molecule has 5 nitrogen and oxygen atoms in total. The number of amides is 1. The molecular weight excluding hydrogens is 263 g/mol. The normalized spacial score (nSPS) is 23.2. The van der Waals surface area contributed by atoms with Crippen LogP contribution in [0.5, 0.6) is 0 Å². The van der Waals surface area contributed by atoms with Gasteiger partial charge in [-0.25, -0.2) is 5.09 Å². The molecule has 2 rings (SSSR count). The number of hydrogen-bond acceptors (Lipinski definition) is 2.